The summed E-state index contributed by atoms with van der Waals surface area (Å²) in [6.45, 7) is 0. The fourth-order valence-corrected chi connectivity index (χ4v) is 1.66. The second kappa shape index (κ2) is 3.06. The molecule has 4 N–H and O–H groups in total. The molecule has 0 fully saturated rings. The van der Waals surface area contributed by atoms with Crippen LogP contribution in [0.1, 0.15) is 0 Å². The van der Waals surface area contributed by atoms with Crippen molar-refractivity contribution in [1.29, 1.82) is 0 Å². The second-order valence-corrected chi connectivity index (χ2v) is 4.18. The molecule has 0 heterocycles. The molecule has 10 heavy (non-hydrogen) atoms. The van der Waals surface area contributed by atoms with Gasteiger partial charge < -0.3 is 0 Å². The van der Waals surface area contributed by atoms with Gasteiger partial charge in [0.15, 0.2) is 0 Å². The minimum atomic E-state index is -2.70. The number of rotatable bonds is 1. The van der Waals surface area contributed by atoms with Gasteiger partial charge in [-0.1, -0.05) is 0 Å². The molecule has 3 nitrogen and oxygen atoms in total. The molecular formula is C6H8AsNO2. The summed E-state index contributed by atoms with van der Waals surface area (Å²) in [5.74, 6) is 0. The quantitative estimate of drug-likeness (QED) is 0.401. The average molecular weight is 201 g/mol. The predicted octanol–water partition coefficient (Wildman–Crippen LogP) is -1.05. The SMILES string of the molecule is Nc1cccc([As](O)O)c1. The van der Waals surface area contributed by atoms with Gasteiger partial charge >= 0.3 is 63.6 Å². The summed E-state index contributed by atoms with van der Waals surface area (Å²) in [6.07, 6.45) is 0. The van der Waals surface area contributed by atoms with E-state index in [2.05, 4.69) is 0 Å². The Balaban J connectivity index is 2.96. The van der Waals surface area contributed by atoms with Gasteiger partial charge in [0.1, 0.15) is 0 Å². The van der Waals surface area contributed by atoms with Gasteiger partial charge in [0.2, 0.25) is 0 Å². The van der Waals surface area contributed by atoms with E-state index in [0.717, 1.165) is 0 Å². The first-order valence-corrected chi connectivity index (χ1v) is 5.35. The summed E-state index contributed by atoms with van der Waals surface area (Å²) in [4.78, 5) is 0. The topological polar surface area (TPSA) is 66.5 Å². The van der Waals surface area contributed by atoms with E-state index in [1.807, 2.05) is 0 Å². The van der Waals surface area contributed by atoms with Crippen LogP contribution in [0.3, 0.4) is 0 Å². The van der Waals surface area contributed by atoms with Gasteiger partial charge in [-0.05, 0) is 0 Å². The van der Waals surface area contributed by atoms with Crippen LogP contribution in [0, 0.1) is 0 Å². The van der Waals surface area contributed by atoms with Crippen LogP contribution in [-0.2, 0) is 0 Å². The maximum absolute atomic E-state index is 8.79. The zero-order valence-corrected chi connectivity index (χ0v) is 7.10. The van der Waals surface area contributed by atoms with Crippen molar-refractivity contribution in [2.24, 2.45) is 0 Å². The molecule has 1 aromatic rings. The molecule has 0 spiro atoms. The van der Waals surface area contributed by atoms with Gasteiger partial charge in [0.25, 0.3) is 0 Å². The van der Waals surface area contributed by atoms with Crippen LogP contribution in [0.2, 0.25) is 0 Å². The number of hydrogen-bond donors (Lipinski definition) is 3. The third-order valence-corrected chi connectivity index (χ3v) is 2.65. The Morgan fingerprint density at radius 3 is 2.40 bits per heavy atom. The third-order valence-electron chi connectivity index (χ3n) is 1.10. The summed E-state index contributed by atoms with van der Waals surface area (Å²) in [5, 5.41) is 0. The van der Waals surface area contributed by atoms with Crippen molar-refractivity contribution in [3.63, 3.8) is 0 Å². The first-order chi connectivity index (χ1) is 4.70. The summed E-state index contributed by atoms with van der Waals surface area (Å²) in [7, 11) is 0. The van der Waals surface area contributed by atoms with Crippen molar-refractivity contribution in [2.45, 2.75) is 0 Å². The Kier molecular flexibility index (Phi) is 2.33. The molecule has 0 saturated carbocycles. The average Bonchev–Trinajstić information content (AvgIpc) is 1.88. The van der Waals surface area contributed by atoms with Gasteiger partial charge in [-0.3, -0.25) is 0 Å². The summed E-state index contributed by atoms with van der Waals surface area (Å²) < 4.78 is 18.2. The van der Waals surface area contributed by atoms with E-state index in [1.165, 1.54) is 0 Å². The van der Waals surface area contributed by atoms with Crippen molar-refractivity contribution in [3.05, 3.63) is 24.3 Å². The number of nitrogens with two attached hydrogens (primary N) is 1. The Labute approximate surface area is 64.1 Å². The normalized spacial score (nSPS) is 10.3. The van der Waals surface area contributed by atoms with E-state index in [9.17, 15) is 0 Å². The molecule has 54 valence electrons. The van der Waals surface area contributed by atoms with Gasteiger partial charge in [0.05, 0.1) is 0 Å². The molecule has 0 aliphatic carbocycles. The van der Waals surface area contributed by atoms with Crippen LogP contribution in [-0.4, -0.2) is 23.5 Å². The number of nitrogen functional groups attached to an aromatic ring is 1. The van der Waals surface area contributed by atoms with Crippen molar-refractivity contribution in [3.8, 4) is 0 Å². The van der Waals surface area contributed by atoms with Crippen molar-refractivity contribution in [1.82, 2.24) is 0 Å². The van der Waals surface area contributed by atoms with Crippen LogP contribution in [0.15, 0.2) is 24.3 Å². The van der Waals surface area contributed by atoms with E-state index in [1.54, 1.807) is 24.3 Å². The molecule has 0 aliphatic heterocycles. The molecule has 0 aliphatic rings. The molecule has 0 aromatic heterocycles. The molecule has 0 saturated heterocycles. The molecule has 0 radical (unpaired) electrons. The van der Waals surface area contributed by atoms with Gasteiger partial charge in [-0.2, -0.15) is 0 Å². The molecule has 0 bridgehead atoms. The van der Waals surface area contributed by atoms with E-state index >= 15 is 0 Å². The molecule has 1 aromatic carbocycles. The Morgan fingerprint density at radius 1 is 1.30 bits per heavy atom. The fourth-order valence-electron chi connectivity index (χ4n) is 0.649. The molecule has 0 unspecified atom stereocenters. The number of hydrogen-bond acceptors (Lipinski definition) is 3. The Morgan fingerprint density at radius 2 is 2.00 bits per heavy atom. The van der Waals surface area contributed by atoms with Crippen LogP contribution in [0.4, 0.5) is 5.69 Å². The Bertz CT molecular complexity index is 227. The fraction of sp³-hybridized carbons (Fsp3) is 0. The zero-order chi connectivity index (χ0) is 7.56. The molecule has 0 amide bonds. The van der Waals surface area contributed by atoms with Crippen LogP contribution >= 0.6 is 0 Å². The standard InChI is InChI=1S/C6H8AsNO2/c8-6-3-1-2-5(4-6)7(9)10/h1-4,9-10H,8H2. The Hall–Kier alpha value is -0.502. The van der Waals surface area contributed by atoms with E-state index in [-0.39, 0.29) is 0 Å². The predicted molar refractivity (Wildman–Crippen MR) is 40.7 cm³/mol. The number of anilines is 1. The monoisotopic (exact) mass is 201 g/mol. The van der Waals surface area contributed by atoms with Gasteiger partial charge in [-0.15, -0.1) is 0 Å². The molecule has 1 rings (SSSR count). The minimum absolute atomic E-state index is 0.563. The molecular weight excluding hydrogens is 193 g/mol. The zero-order valence-electron chi connectivity index (χ0n) is 5.23. The summed E-state index contributed by atoms with van der Waals surface area (Å²) in [6, 6.07) is 6.66. The second-order valence-electron chi connectivity index (χ2n) is 1.88. The van der Waals surface area contributed by atoms with Gasteiger partial charge in [0, 0.05) is 0 Å². The van der Waals surface area contributed by atoms with E-state index in [0.29, 0.717) is 10.0 Å². The maximum atomic E-state index is 8.79. The van der Waals surface area contributed by atoms with Crippen molar-refractivity contribution < 1.29 is 8.19 Å². The molecule has 0 atom stereocenters. The third kappa shape index (κ3) is 1.74. The van der Waals surface area contributed by atoms with Gasteiger partial charge in [-0.25, -0.2) is 0 Å². The molecule has 4 heteroatoms. The first-order valence-electron chi connectivity index (χ1n) is 2.73. The summed E-state index contributed by atoms with van der Waals surface area (Å²) >= 11 is -2.70. The van der Waals surface area contributed by atoms with Crippen molar-refractivity contribution >= 4 is 25.4 Å². The first kappa shape index (κ1) is 7.60. The van der Waals surface area contributed by atoms with E-state index < -0.39 is 15.3 Å². The van der Waals surface area contributed by atoms with E-state index in [4.69, 9.17) is 13.9 Å². The number of benzene rings is 1. The van der Waals surface area contributed by atoms with Crippen LogP contribution < -0.4 is 10.1 Å². The van der Waals surface area contributed by atoms with Crippen LogP contribution in [0.25, 0.3) is 0 Å². The van der Waals surface area contributed by atoms with Crippen molar-refractivity contribution in [2.75, 3.05) is 5.73 Å². The summed E-state index contributed by atoms with van der Waals surface area (Å²) in [5.41, 5.74) is 5.97. The van der Waals surface area contributed by atoms with Crippen LogP contribution in [0.5, 0.6) is 0 Å².